The zero-order valence-electron chi connectivity index (χ0n) is 6.52. The van der Waals surface area contributed by atoms with Crippen molar-refractivity contribution in [2.24, 2.45) is 0 Å². The predicted octanol–water partition coefficient (Wildman–Crippen LogP) is -1.15. The molecule has 0 saturated heterocycles. The molecule has 0 bridgehead atoms. The lowest BCUT2D eigenvalue weighted by Crippen LogP contribution is -2.28. The van der Waals surface area contributed by atoms with Crippen LogP contribution < -0.4 is 5.32 Å². The molecule has 10 heteroatoms. The highest BCUT2D eigenvalue weighted by atomic mass is 32.2. The summed E-state index contributed by atoms with van der Waals surface area (Å²) in [6.45, 7) is 0. The molecular weight excluding hydrogens is 236 g/mol. The molecule has 1 aliphatic rings. The monoisotopic (exact) mass is 242 g/mol. The number of hydrogen-bond donors (Lipinski definition) is 3. The van der Waals surface area contributed by atoms with Crippen LogP contribution in [0.15, 0.2) is 23.6 Å². The van der Waals surface area contributed by atoms with Gasteiger partial charge in [0, 0.05) is 12.4 Å². The summed E-state index contributed by atoms with van der Waals surface area (Å²) in [6, 6.07) is 0. The van der Waals surface area contributed by atoms with E-state index in [4.69, 9.17) is 9.11 Å². The van der Waals surface area contributed by atoms with E-state index >= 15 is 0 Å². The fourth-order valence-electron chi connectivity index (χ4n) is 0.673. The Morgan fingerprint density at radius 1 is 1.21 bits per heavy atom. The van der Waals surface area contributed by atoms with Gasteiger partial charge < -0.3 is 5.32 Å². The smallest absolute Gasteiger partial charge is 0.348 e. The lowest BCUT2D eigenvalue weighted by Gasteiger charge is -2.16. The fraction of sp³-hybridized carbons (Fsp3) is 0. The Bertz CT molecular complexity index is 486. The van der Waals surface area contributed by atoms with Gasteiger partial charge in [0.15, 0.2) is 5.03 Å². The second-order valence-electron chi connectivity index (χ2n) is 2.24. The third-order valence-electron chi connectivity index (χ3n) is 1.24. The molecule has 1 aliphatic heterocycles. The number of nitrogens with zero attached hydrogens (tertiary/aromatic N) is 1. The van der Waals surface area contributed by atoms with Gasteiger partial charge in [-0.2, -0.15) is 16.8 Å². The summed E-state index contributed by atoms with van der Waals surface area (Å²) in [5.41, 5.74) is 0. The first-order chi connectivity index (χ1) is 6.21. The van der Waals surface area contributed by atoms with E-state index in [1.807, 2.05) is 0 Å². The largest absolute Gasteiger partial charge is 0.363 e. The van der Waals surface area contributed by atoms with Crippen molar-refractivity contribution in [1.29, 1.82) is 0 Å². The van der Waals surface area contributed by atoms with Gasteiger partial charge in [-0.1, -0.05) is 0 Å². The molecule has 0 aliphatic carbocycles. The summed E-state index contributed by atoms with van der Waals surface area (Å²) in [5.74, 6) is 0. The van der Waals surface area contributed by atoms with E-state index in [1.54, 1.807) is 0 Å². The summed E-state index contributed by atoms with van der Waals surface area (Å²) in [4.78, 5) is 0. The molecule has 0 fully saturated rings. The molecule has 14 heavy (non-hydrogen) atoms. The Morgan fingerprint density at radius 2 is 1.79 bits per heavy atom. The molecule has 0 aromatic carbocycles. The highest BCUT2D eigenvalue weighted by Gasteiger charge is 2.21. The molecule has 0 aromatic rings. The van der Waals surface area contributed by atoms with Gasteiger partial charge in [0.05, 0.1) is 6.20 Å². The normalized spacial score (nSPS) is 17.6. The van der Waals surface area contributed by atoms with Crippen molar-refractivity contribution in [2.45, 2.75) is 0 Å². The topological polar surface area (TPSA) is 124 Å². The van der Waals surface area contributed by atoms with Crippen molar-refractivity contribution >= 4 is 20.4 Å². The van der Waals surface area contributed by atoms with E-state index in [0.29, 0.717) is 6.20 Å². The average molecular weight is 242 g/mol. The summed E-state index contributed by atoms with van der Waals surface area (Å²) in [6.07, 6.45) is 2.31. The van der Waals surface area contributed by atoms with Gasteiger partial charge >= 0.3 is 20.4 Å². The van der Waals surface area contributed by atoms with Crippen molar-refractivity contribution in [1.82, 2.24) is 9.62 Å². The Kier molecular flexibility index (Phi) is 2.54. The molecule has 1 heterocycles. The van der Waals surface area contributed by atoms with Crippen molar-refractivity contribution in [3.05, 3.63) is 23.6 Å². The van der Waals surface area contributed by atoms with Gasteiger partial charge in [-0.05, 0) is 0 Å². The first-order valence-electron chi connectivity index (χ1n) is 3.10. The highest BCUT2D eigenvalue weighted by molar-refractivity contribution is 7.89. The van der Waals surface area contributed by atoms with E-state index in [2.05, 4.69) is 5.32 Å². The minimum Gasteiger partial charge on any atom is -0.348 e. The van der Waals surface area contributed by atoms with Gasteiger partial charge in [-0.3, -0.25) is 9.11 Å². The van der Waals surface area contributed by atoms with Crippen LogP contribution in [-0.4, -0.2) is 30.2 Å². The van der Waals surface area contributed by atoms with Gasteiger partial charge in [-0.25, -0.2) is 4.31 Å². The lowest BCUT2D eigenvalue weighted by atomic mass is 10.7. The standard InChI is InChI=1S/C4H6N2O6S2/c7-13(8,9)4-3-6(2-1-5-4)14(10,11)12/h1-3,5H,(H,7,8,9)(H,10,11,12). The molecule has 0 amide bonds. The quantitative estimate of drug-likeness (QED) is 0.522. The van der Waals surface area contributed by atoms with E-state index in [1.165, 1.54) is 0 Å². The Hall–Kier alpha value is -1.10. The maximum atomic E-state index is 10.5. The second-order valence-corrected chi connectivity index (χ2v) is 4.94. The molecule has 0 radical (unpaired) electrons. The third kappa shape index (κ3) is 2.45. The van der Waals surface area contributed by atoms with Crippen LogP contribution in [0.25, 0.3) is 0 Å². The third-order valence-corrected chi connectivity index (χ3v) is 2.77. The van der Waals surface area contributed by atoms with Crippen LogP contribution in [-0.2, 0) is 20.4 Å². The van der Waals surface area contributed by atoms with Crippen LogP contribution in [0.4, 0.5) is 0 Å². The molecule has 8 nitrogen and oxygen atoms in total. The number of hydrogen-bond acceptors (Lipinski definition) is 5. The molecule has 0 saturated carbocycles. The van der Waals surface area contributed by atoms with E-state index in [-0.39, 0.29) is 4.31 Å². The fourth-order valence-corrected chi connectivity index (χ4v) is 1.66. The van der Waals surface area contributed by atoms with Gasteiger partial charge in [0.25, 0.3) is 0 Å². The van der Waals surface area contributed by atoms with Crippen LogP contribution in [0, 0.1) is 0 Å². The molecule has 0 unspecified atom stereocenters. The van der Waals surface area contributed by atoms with E-state index < -0.39 is 25.5 Å². The van der Waals surface area contributed by atoms with Crippen LogP contribution >= 0.6 is 0 Å². The molecule has 0 aromatic heterocycles. The Morgan fingerprint density at radius 3 is 2.21 bits per heavy atom. The van der Waals surface area contributed by atoms with Gasteiger partial charge in [0.2, 0.25) is 0 Å². The number of nitrogens with one attached hydrogen (secondary N) is 1. The van der Waals surface area contributed by atoms with Crippen molar-refractivity contribution < 1.29 is 25.9 Å². The van der Waals surface area contributed by atoms with Crippen LogP contribution in [0.1, 0.15) is 0 Å². The highest BCUT2D eigenvalue weighted by Crippen LogP contribution is 2.10. The van der Waals surface area contributed by atoms with Crippen LogP contribution in [0.3, 0.4) is 0 Å². The van der Waals surface area contributed by atoms with Crippen molar-refractivity contribution in [3.8, 4) is 0 Å². The SMILES string of the molecule is O=S(=O)(O)C1=CN(S(=O)(=O)O)C=CN1. The van der Waals surface area contributed by atoms with Gasteiger partial charge in [-0.15, -0.1) is 0 Å². The van der Waals surface area contributed by atoms with Gasteiger partial charge in [0.1, 0.15) is 0 Å². The Balaban J connectivity index is 3.13. The summed E-state index contributed by atoms with van der Waals surface area (Å²) >= 11 is 0. The molecule has 1 rings (SSSR count). The zero-order chi connectivity index (χ0) is 11.0. The van der Waals surface area contributed by atoms with E-state index in [9.17, 15) is 16.8 Å². The second kappa shape index (κ2) is 3.24. The average Bonchev–Trinajstić information content (AvgIpc) is 2.01. The first-order valence-corrected chi connectivity index (χ1v) is 5.93. The zero-order valence-corrected chi connectivity index (χ0v) is 8.16. The minimum absolute atomic E-state index is 0.229. The maximum absolute atomic E-state index is 10.5. The molecular formula is C4H6N2O6S2. The summed E-state index contributed by atoms with van der Waals surface area (Å²) in [5, 5.41) is 1.33. The lowest BCUT2D eigenvalue weighted by molar-refractivity contribution is 0.436. The molecule has 0 spiro atoms. The van der Waals surface area contributed by atoms with Crippen molar-refractivity contribution in [2.75, 3.05) is 0 Å². The minimum atomic E-state index is -4.56. The Labute approximate surface area is 80.2 Å². The predicted molar refractivity (Wildman–Crippen MR) is 45.3 cm³/mol. The molecule has 3 N–H and O–H groups in total. The maximum Gasteiger partial charge on any atom is 0.363 e. The van der Waals surface area contributed by atoms with Crippen LogP contribution in [0.2, 0.25) is 0 Å². The number of rotatable bonds is 2. The summed E-state index contributed by atoms with van der Waals surface area (Å²) < 4.78 is 59.5. The molecule has 80 valence electrons. The van der Waals surface area contributed by atoms with Crippen LogP contribution in [0.5, 0.6) is 0 Å². The molecule has 0 atom stereocenters. The first kappa shape index (κ1) is 11.0. The summed E-state index contributed by atoms with van der Waals surface area (Å²) in [7, 11) is -9.10. The van der Waals surface area contributed by atoms with Crippen molar-refractivity contribution in [3.63, 3.8) is 0 Å². The van der Waals surface area contributed by atoms with E-state index in [0.717, 1.165) is 12.4 Å².